The summed E-state index contributed by atoms with van der Waals surface area (Å²) in [5.74, 6) is 0.218. The van der Waals surface area contributed by atoms with Gasteiger partial charge < -0.3 is 4.90 Å². The Morgan fingerprint density at radius 2 is 2.25 bits per heavy atom. The topological polar surface area (TPSA) is 3.24 Å². The number of alkyl halides is 1. The molecule has 0 unspecified atom stereocenters. The van der Waals surface area contributed by atoms with E-state index >= 15 is 0 Å². The Labute approximate surface area is 74.9 Å². The smallest absolute Gasteiger partial charge is 0.118 e. The van der Waals surface area contributed by atoms with Crippen molar-refractivity contribution in [3.8, 4) is 0 Å². The van der Waals surface area contributed by atoms with Crippen LogP contribution in [0, 0.1) is 5.92 Å². The van der Waals surface area contributed by atoms with Crippen LogP contribution >= 0.6 is 0 Å². The molecule has 0 aromatic heterocycles. The lowest BCUT2D eigenvalue weighted by Crippen LogP contribution is -2.37. The summed E-state index contributed by atoms with van der Waals surface area (Å²) in [6.07, 6.45) is 2.54. The maximum absolute atomic E-state index is 13.7. The van der Waals surface area contributed by atoms with Gasteiger partial charge in [0, 0.05) is 6.04 Å². The Bertz CT molecular complexity index is 138. The Morgan fingerprint density at radius 3 is 2.67 bits per heavy atom. The highest BCUT2D eigenvalue weighted by molar-refractivity contribution is 4.85. The van der Waals surface area contributed by atoms with E-state index in [9.17, 15) is 4.39 Å². The Kier molecular flexibility index (Phi) is 3.51. The van der Waals surface area contributed by atoms with Crippen LogP contribution in [-0.2, 0) is 0 Å². The first-order chi connectivity index (χ1) is 5.66. The van der Waals surface area contributed by atoms with Gasteiger partial charge in [0.15, 0.2) is 0 Å². The maximum atomic E-state index is 13.7. The van der Waals surface area contributed by atoms with Crippen molar-refractivity contribution in [1.82, 2.24) is 4.90 Å². The highest BCUT2D eigenvalue weighted by Gasteiger charge is 2.31. The molecule has 1 nitrogen and oxygen atoms in total. The summed E-state index contributed by atoms with van der Waals surface area (Å²) in [4.78, 5) is 2.16. The van der Waals surface area contributed by atoms with E-state index < -0.39 is 6.17 Å². The van der Waals surface area contributed by atoms with Crippen molar-refractivity contribution in [1.29, 1.82) is 0 Å². The van der Waals surface area contributed by atoms with E-state index in [1.165, 1.54) is 0 Å². The minimum atomic E-state index is -0.623. The zero-order valence-corrected chi connectivity index (χ0v) is 8.39. The largest absolute Gasteiger partial charge is 0.301 e. The molecule has 0 N–H and O–H groups in total. The molecule has 0 radical (unpaired) electrons. The van der Waals surface area contributed by atoms with Crippen LogP contribution in [0.3, 0.4) is 0 Å². The van der Waals surface area contributed by atoms with Gasteiger partial charge in [-0.25, -0.2) is 4.39 Å². The number of hydrogen-bond acceptors (Lipinski definition) is 1. The van der Waals surface area contributed by atoms with Gasteiger partial charge in [0.05, 0.1) is 0 Å². The molecule has 3 atom stereocenters. The molecule has 0 spiro atoms. The first-order valence-corrected chi connectivity index (χ1v) is 5.01. The van der Waals surface area contributed by atoms with E-state index in [1.54, 1.807) is 0 Å². The monoisotopic (exact) mass is 173 g/mol. The van der Waals surface area contributed by atoms with Crippen LogP contribution in [0.25, 0.3) is 0 Å². The van der Waals surface area contributed by atoms with Crippen molar-refractivity contribution < 1.29 is 4.39 Å². The molecule has 0 aromatic carbocycles. The lowest BCUT2D eigenvalue weighted by Gasteiger charge is -2.26. The fraction of sp³-hybridized carbons (Fsp3) is 1.00. The van der Waals surface area contributed by atoms with Gasteiger partial charge in [-0.15, -0.1) is 0 Å². The molecule has 0 bridgehead atoms. The van der Waals surface area contributed by atoms with E-state index in [0.29, 0.717) is 0 Å². The van der Waals surface area contributed by atoms with Crippen molar-refractivity contribution in [2.24, 2.45) is 5.92 Å². The van der Waals surface area contributed by atoms with Crippen molar-refractivity contribution in [3.05, 3.63) is 0 Å². The van der Waals surface area contributed by atoms with Crippen molar-refractivity contribution in [2.75, 3.05) is 13.6 Å². The van der Waals surface area contributed by atoms with E-state index in [-0.39, 0.29) is 12.0 Å². The molecule has 2 heteroatoms. The molecule has 1 aliphatic heterocycles. The minimum Gasteiger partial charge on any atom is -0.301 e. The molecule has 1 heterocycles. The van der Waals surface area contributed by atoms with Gasteiger partial charge >= 0.3 is 0 Å². The molecule has 1 rings (SSSR count). The van der Waals surface area contributed by atoms with Crippen LogP contribution in [0.1, 0.15) is 33.1 Å². The Balaban J connectivity index is 2.45. The van der Waals surface area contributed by atoms with Crippen LogP contribution in [-0.4, -0.2) is 30.7 Å². The standard InChI is InChI=1S/C10H20FN/c1-4-8(2)10(11)9-6-5-7-12(9)3/h8-10H,4-7H2,1-3H3/t8-,9+,10-/m1/s1. The highest BCUT2D eigenvalue weighted by Crippen LogP contribution is 2.25. The molecular weight excluding hydrogens is 153 g/mol. The first kappa shape index (κ1) is 9.97. The van der Waals surface area contributed by atoms with Crippen molar-refractivity contribution >= 4 is 0 Å². The van der Waals surface area contributed by atoms with E-state index in [0.717, 1.165) is 25.8 Å². The van der Waals surface area contributed by atoms with Crippen molar-refractivity contribution in [2.45, 2.75) is 45.3 Å². The van der Waals surface area contributed by atoms with Crippen molar-refractivity contribution in [3.63, 3.8) is 0 Å². The predicted molar refractivity (Wildman–Crippen MR) is 50.0 cm³/mol. The van der Waals surface area contributed by atoms with Crippen LogP contribution in [0.4, 0.5) is 4.39 Å². The lowest BCUT2D eigenvalue weighted by atomic mass is 9.95. The number of likely N-dealkylation sites (tertiary alicyclic amines) is 1. The summed E-state index contributed by atoms with van der Waals surface area (Å²) in [5, 5.41) is 0. The zero-order chi connectivity index (χ0) is 9.14. The molecule has 72 valence electrons. The van der Waals surface area contributed by atoms with E-state index in [4.69, 9.17) is 0 Å². The molecule has 0 aliphatic carbocycles. The van der Waals surface area contributed by atoms with Gasteiger partial charge in [0.2, 0.25) is 0 Å². The molecule has 0 aromatic rings. The van der Waals surface area contributed by atoms with Crippen LogP contribution in [0.5, 0.6) is 0 Å². The van der Waals surface area contributed by atoms with E-state index in [2.05, 4.69) is 11.8 Å². The van der Waals surface area contributed by atoms with Gasteiger partial charge in [0.1, 0.15) is 6.17 Å². The quantitative estimate of drug-likeness (QED) is 0.633. The number of hydrogen-bond donors (Lipinski definition) is 0. The SMILES string of the molecule is CC[C@@H](C)[C@@H](F)[C@@H]1CCCN1C. The fourth-order valence-corrected chi connectivity index (χ4v) is 1.94. The third-order valence-corrected chi connectivity index (χ3v) is 3.13. The average Bonchev–Trinajstić information content (AvgIpc) is 2.48. The number of rotatable bonds is 3. The summed E-state index contributed by atoms with van der Waals surface area (Å²) in [5.41, 5.74) is 0. The van der Waals surface area contributed by atoms with Gasteiger partial charge in [-0.2, -0.15) is 0 Å². The molecular formula is C10H20FN. The molecule has 12 heavy (non-hydrogen) atoms. The molecule has 0 amide bonds. The summed E-state index contributed by atoms with van der Waals surface area (Å²) in [6, 6.07) is 0.194. The molecule has 1 saturated heterocycles. The van der Waals surface area contributed by atoms with Crippen LogP contribution in [0.2, 0.25) is 0 Å². The second kappa shape index (κ2) is 4.22. The summed E-state index contributed by atoms with van der Waals surface area (Å²) in [6.45, 7) is 5.14. The second-order valence-electron chi connectivity index (χ2n) is 4.02. The number of nitrogens with zero attached hydrogens (tertiary/aromatic N) is 1. The molecule has 0 saturated carbocycles. The van der Waals surface area contributed by atoms with Gasteiger partial charge in [0.25, 0.3) is 0 Å². The highest BCUT2D eigenvalue weighted by atomic mass is 19.1. The Morgan fingerprint density at radius 1 is 1.58 bits per heavy atom. The average molecular weight is 173 g/mol. The second-order valence-corrected chi connectivity index (χ2v) is 4.02. The zero-order valence-electron chi connectivity index (χ0n) is 8.39. The fourth-order valence-electron chi connectivity index (χ4n) is 1.94. The normalized spacial score (nSPS) is 30.5. The predicted octanol–water partition coefficient (Wildman–Crippen LogP) is 2.46. The summed E-state index contributed by atoms with van der Waals surface area (Å²) >= 11 is 0. The van der Waals surface area contributed by atoms with Gasteiger partial charge in [-0.1, -0.05) is 20.3 Å². The summed E-state index contributed by atoms with van der Waals surface area (Å²) < 4.78 is 13.7. The first-order valence-electron chi connectivity index (χ1n) is 5.01. The molecule has 1 aliphatic rings. The van der Waals surface area contributed by atoms with Gasteiger partial charge in [-0.3, -0.25) is 0 Å². The van der Waals surface area contributed by atoms with Crippen LogP contribution < -0.4 is 0 Å². The summed E-state index contributed by atoms with van der Waals surface area (Å²) in [7, 11) is 2.03. The molecule has 1 fully saturated rings. The maximum Gasteiger partial charge on any atom is 0.118 e. The van der Waals surface area contributed by atoms with Gasteiger partial charge in [-0.05, 0) is 32.4 Å². The lowest BCUT2D eigenvalue weighted by molar-refractivity contribution is 0.122. The number of halogens is 1. The minimum absolute atomic E-state index is 0.194. The third kappa shape index (κ3) is 1.98. The Hall–Kier alpha value is -0.110. The van der Waals surface area contributed by atoms with Crippen LogP contribution in [0.15, 0.2) is 0 Å². The van der Waals surface area contributed by atoms with E-state index in [1.807, 2.05) is 14.0 Å². The third-order valence-electron chi connectivity index (χ3n) is 3.13.